The molecule has 0 saturated carbocycles. The summed E-state index contributed by atoms with van der Waals surface area (Å²) in [6.07, 6.45) is 4.03. The number of hydrogen-bond donors (Lipinski definition) is 1. The molecule has 1 aliphatic rings. The highest BCUT2D eigenvalue weighted by Gasteiger charge is 2.48. The lowest BCUT2D eigenvalue weighted by Crippen LogP contribution is -2.41. The number of urea groups is 1. The summed E-state index contributed by atoms with van der Waals surface area (Å²) in [7, 11) is 0. The third-order valence-corrected chi connectivity index (χ3v) is 4.28. The third-order valence-electron chi connectivity index (χ3n) is 4.28. The highest BCUT2D eigenvalue weighted by molar-refractivity contribution is 6.07. The SMILES string of the molecule is Cc1ccc([C@]2(C)NC(=O)N(CCc3ccncc3)C2=O)cc1. The minimum Gasteiger partial charge on any atom is -0.319 e. The van der Waals surface area contributed by atoms with Crippen LogP contribution in [0.4, 0.5) is 4.79 Å². The molecule has 3 rings (SSSR count). The van der Waals surface area contributed by atoms with Crippen LogP contribution in [0.1, 0.15) is 23.6 Å². The number of imide groups is 1. The maximum atomic E-state index is 12.8. The van der Waals surface area contributed by atoms with E-state index in [1.54, 1.807) is 19.3 Å². The summed E-state index contributed by atoms with van der Waals surface area (Å²) >= 11 is 0. The molecule has 0 aliphatic carbocycles. The van der Waals surface area contributed by atoms with Gasteiger partial charge in [0.15, 0.2) is 0 Å². The van der Waals surface area contributed by atoms with E-state index in [9.17, 15) is 9.59 Å². The molecule has 23 heavy (non-hydrogen) atoms. The van der Waals surface area contributed by atoms with Crippen molar-refractivity contribution in [2.45, 2.75) is 25.8 Å². The minimum absolute atomic E-state index is 0.208. The lowest BCUT2D eigenvalue weighted by atomic mass is 9.91. The molecule has 0 bridgehead atoms. The number of pyridine rings is 1. The number of rotatable bonds is 4. The van der Waals surface area contributed by atoms with Crippen molar-refractivity contribution < 1.29 is 9.59 Å². The van der Waals surface area contributed by atoms with Crippen LogP contribution in [0.5, 0.6) is 0 Å². The molecule has 0 radical (unpaired) electrons. The zero-order chi connectivity index (χ0) is 16.4. The minimum atomic E-state index is -0.997. The van der Waals surface area contributed by atoms with Crippen molar-refractivity contribution in [1.29, 1.82) is 0 Å². The number of benzene rings is 1. The van der Waals surface area contributed by atoms with Crippen LogP contribution in [0, 0.1) is 6.92 Å². The monoisotopic (exact) mass is 309 g/mol. The number of carbonyl (C=O) groups is 2. The standard InChI is InChI=1S/C18H19N3O2/c1-13-3-5-15(6-4-13)18(2)16(22)21(17(23)20-18)12-9-14-7-10-19-11-8-14/h3-8,10-11H,9,12H2,1-2H3,(H,20,23)/t18-/m0/s1. The van der Waals surface area contributed by atoms with Gasteiger partial charge in [0.2, 0.25) is 0 Å². The number of aromatic nitrogens is 1. The quantitative estimate of drug-likeness (QED) is 0.882. The Labute approximate surface area is 135 Å². The number of amides is 3. The van der Waals surface area contributed by atoms with Crippen molar-refractivity contribution in [3.8, 4) is 0 Å². The number of nitrogens with zero attached hydrogens (tertiary/aromatic N) is 2. The van der Waals surface area contributed by atoms with Gasteiger partial charge < -0.3 is 5.32 Å². The zero-order valence-corrected chi connectivity index (χ0v) is 13.2. The summed E-state index contributed by atoms with van der Waals surface area (Å²) in [5.74, 6) is -0.208. The summed E-state index contributed by atoms with van der Waals surface area (Å²) in [6.45, 7) is 4.10. The van der Waals surface area contributed by atoms with Crippen molar-refractivity contribution in [3.05, 3.63) is 65.5 Å². The van der Waals surface area contributed by atoms with Gasteiger partial charge in [0.25, 0.3) is 5.91 Å². The Morgan fingerprint density at radius 3 is 2.39 bits per heavy atom. The van der Waals surface area contributed by atoms with Crippen LogP contribution in [-0.4, -0.2) is 28.4 Å². The summed E-state index contributed by atoms with van der Waals surface area (Å²) in [6, 6.07) is 11.1. The average Bonchev–Trinajstić information content (AvgIpc) is 2.77. The van der Waals surface area contributed by atoms with Crippen molar-refractivity contribution in [2.24, 2.45) is 0 Å². The van der Waals surface area contributed by atoms with Gasteiger partial charge in [0.05, 0.1) is 0 Å². The first-order valence-corrected chi connectivity index (χ1v) is 7.61. The van der Waals surface area contributed by atoms with Gasteiger partial charge in [-0.1, -0.05) is 29.8 Å². The van der Waals surface area contributed by atoms with Crippen LogP contribution in [0.2, 0.25) is 0 Å². The molecule has 118 valence electrons. The molecule has 2 heterocycles. The predicted octanol–water partition coefficient (Wildman–Crippen LogP) is 2.40. The van der Waals surface area contributed by atoms with E-state index in [0.717, 1.165) is 16.7 Å². The molecule has 5 nitrogen and oxygen atoms in total. The second-order valence-corrected chi connectivity index (χ2v) is 5.98. The first-order chi connectivity index (χ1) is 11.0. The molecule has 1 fully saturated rings. The number of hydrogen-bond acceptors (Lipinski definition) is 3. The Balaban J connectivity index is 1.78. The molecule has 2 aromatic rings. The number of aryl methyl sites for hydroxylation is 1. The van der Waals surface area contributed by atoms with Gasteiger partial charge in [-0.2, -0.15) is 0 Å². The molecular formula is C18H19N3O2. The fourth-order valence-corrected chi connectivity index (χ4v) is 2.77. The van der Waals surface area contributed by atoms with Crippen molar-refractivity contribution >= 4 is 11.9 Å². The Hall–Kier alpha value is -2.69. The topological polar surface area (TPSA) is 62.3 Å². The predicted molar refractivity (Wildman–Crippen MR) is 86.7 cm³/mol. The third kappa shape index (κ3) is 2.82. The van der Waals surface area contributed by atoms with E-state index >= 15 is 0 Å². The second kappa shape index (κ2) is 5.83. The lowest BCUT2D eigenvalue weighted by Gasteiger charge is -2.22. The van der Waals surface area contributed by atoms with Crippen molar-refractivity contribution in [3.63, 3.8) is 0 Å². The lowest BCUT2D eigenvalue weighted by molar-refractivity contribution is -0.131. The molecule has 0 spiro atoms. The van der Waals surface area contributed by atoms with E-state index in [1.165, 1.54) is 4.90 Å². The van der Waals surface area contributed by atoms with E-state index in [2.05, 4.69) is 10.3 Å². The largest absolute Gasteiger partial charge is 0.325 e. The van der Waals surface area contributed by atoms with Gasteiger partial charge >= 0.3 is 6.03 Å². The fourth-order valence-electron chi connectivity index (χ4n) is 2.77. The first kappa shape index (κ1) is 15.2. The van der Waals surface area contributed by atoms with Gasteiger partial charge in [-0.05, 0) is 43.5 Å². The first-order valence-electron chi connectivity index (χ1n) is 7.61. The fraction of sp³-hybridized carbons (Fsp3) is 0.278. The number of nitrogens with one attached hydrogen (secondary N) is 1. The normalized spacial score (nSPS) is 20.7. The Morgan fingerprint density at radius 1 is 1.09 bits per heavy atom. The molecule has 1 saturated heterocycles. The summed E-state index contributed by atoms with van der Waals surface area (Å²) in [5, 5.41) is 2.83. The van der Waals surface area contributed by atoms with Crippen LogP contribution in [0.15, 0.2) is 48.8 Å². The summed E-state index contributed by atoms with van der Waals surface area (Å²) < 4.78 is 0. The Kier molecular flexibility index (Phi) is 3.86. The molecule has 0 unspecified atom stereocenters. The summed E-state index contributed by atoms with van der Waals surface area (Å²) in [5.41, 5.74) is 1.96. The van der Waals surface area contributed by atoms with E-state index in [4.69, 9.17) is 0 Å². The van der Waals surface area contributed by atoms with Crippen LogP contribution < -0.4 is 5.32 Å². The molecule has 1 atom stereocenters. The maximum absolute atomic E-state index is 12.8. The van der Waals surface area contributed by atoms with Gasteiger partial charge in [-0.25, -0.2) is 4.79 Å². The molecule has 3 amide bonds. The smallest absolute Gasteiger partial charge is 0.319 e. The Bertz CT molecular complexity index is 728. The molecule has 1 N–H and O–H groups in total. The molecule has 1 aromatic heterocycles. The van der Waals surface area contributed by atoms with Gasteiger partial charge in [-0.3, -0.25) is 14.7 Å². The summed E-state index contributed by atoms with van der Waals surface area (Å²) in [4.78, 5) is 30.3. The second-order valence-electron chi connectivity index (χ2n) is 5.98. The van der Waals surface area contributed by atoms with Gasteiger partial charge in [-0.15, -0.1) is 0 Å². The van der Waals surface area contributed by atoms with Crippen LogP contribution in [0.25, 0.3) is 0 Å². The van der Waals surface area contributed by atoms with Crippen molar-refractivity contribution in [2.75, 3.05) is 6.54 Å². The number of carbonyl (C=O) groups excluding carboxylic acids is 2. The molecule has 1 aromatic carbocycles. The maximum Gasteiger partial charge on any atom is 0.325 e. The van der Waals surface area contributed by atoms with E-state index in [-0.39, 0.29) is 11.9 Å². The Morgan fingerprint density at radius 2 is 1.74 bits per heavy atom. The van der Waals surface area contributed by atoms with Crippen molar-refractivity contribution in [1.82, 2.24) is 15.2 Å². The van der Waals surface area contributed by atoms with Crippen LogP contribution in [0.3, 0.4) is 0 Å². The van der Waals surface area contributed by atoms with Gasteiger partial charge in [0, 0.05) is 18.9 Å². The van der Waals surface area contributed by atoms with E-state index in [0.29, 0.717) is 13.0 Å². The highest BCUT2D eigenvalue weighted by Crippen LogP contribution is 2.29. The zero-order valence-electron chi connectivity index (χ0n) is 13.2. The molecule has 5 heteroatoms. The highest BCUT2D eigenvalue weighted by atomic mass is 16.2. The van der Waals surface area contributed by atoms with Crippen LogP contribution in [-0.2, 0) is 16.8 Å². The van der Waals surface area contributed by atoms with Gasteiger partial charge in [0.1, 0.15) is 5.54 Å². The molecule has 1 aliphatic heterocycles. The average molecular weight is 309 g/mol. The molecular weight excluding hydrogens is 290 g/mol. The van der Waals surface area contributed by atoms with Crippen LogP contribution >= 0.6 is 0 Å². The van der Waals surface area contributed by atoms with E-state index in [1.807, 2.05) is 43.3 Å². The van der Waals surface area contributed by atoms with E-state index < -0.39 is 5.54 Å².